The van der Waals surface area contributed by atoms with Crippen LogP contribution in [0.25, 0.3) is 0 Å². The molecule has 2 amide bonds. The molecule has 0 aliphatic heterocycles. The highest BCUT2D eigenvalue weighted by molar-refractivity contribution is 5.74. The summed E-state index contributed by atoms with van der Waals surface area (Å²) < 4.78 is 5.54. The van der Waals surface area contributed by atoms with Crippen molar-refractivity contribution in [1.29, 1.82) is 0 Å². The topological polar surface area (TPSA) is 50.4 Å². The van der Waals surface area contributed by atoms with Gasteiger partial charge in [0.15, 0.2) is 0 Å². The highest BCUT2D eigenvalue weighted by atomic mass is 16.5. The van der Waals surface area contributed by atoms with Crippen LogP contribution in [-0.2, 0) is 4.74 Å². The molecule has 0 heterocycles. The van der Waals surface area contributed by atoms with Gasteiger partial charge in [-0.25, -0.2) is 4.79 Å². The van der Waals surface area contributed by atoms with Crippen LogP contribution in [0.4, 0.5) is 4.79 Å². The van der Waals surface area contributed by atoms with E-state index in [4.69, 9.17) is 4.74 Å². The van der Waals surface area contributed by atoms with Gasteiger partial charge in [0.05, 0.1) is 0 Å². The Morgan fingerprint density at radius 2 is 1.80 bits per heavy atom. The number of nitrogens with one attached hydrogen (secondary N) is 2. The first-order valence-electron chi connectivity index (χ1n) is 8.40. The average Bonchev–Trinajstić information content (AvgIpc) is 3.27. The van der Waals surface area contributed by atoms with Crippen molar-refractivity contribution in [2.24, 2.45) is 11.8 Å². The molecule has 0 bridgehead atoms. The van der Waals surface area contributed by atoms with Gasteiger partial charge in [0.25, 0.3) is 0 Å². The number of hydrogen-bond acceptors (Lipinski definition) is 2. The number of ether oxygens (including phenoxy) is 1. The third-order valence-corrected chi connectivity index (χ3v) is 4.56. The molecule has 0 aromatic rings. The molecule has 2 aliphatic carbocycles. The number of rotatable bonds is 8. The van der Waals surface area contributed by atoms with Crippen molar-refractivity contribution in [3.8, 4) is 0 Å². The largest absolute Gasteiger partial charge is 0.381 e. The molecular weight excluding hydrogens is 252 g/mol. The van der Waals surface area contributed by atoms with E-state index < -0.39 is 0 Å². The number of carbonyl (C=O) groups is 1. The molecule has 0 unspecified atom stereocenters. The normalized spacial score (nSPS) is 26.2. The van der Waals surface area contributed by atoms with E-state index in [1.54, 1.807) is 0 Å². The van der Waals surface area contributed by atoms with Gasteiger partial charge in [-0.2, -0.15) is 0 Å². The fourth-order valence-electron chi connectivity index (χ4n) is 2.86. The second-order valence-electron chi connectivity index (χ2n) is 6.40. The second kappa shape index (κ2) is 8.50. The monoisotopic (exact) mass is 282 g/mol. The Morgan fingerprint density at radius 3 is 2.45 bits per heavy atom. The van der Waals surface area contributed by atoms with Gasteiger partial charge < -0.3 is 15.4 Å². The van der Waals surface area contributed by atoms with Crippen molar-refractivity contribution in [1.82, 2.24) is 10.6 Å². The van der Waals surface area contributed by atoms with E-state index in [-0.39, 0.29) is 6.03 Å². The summed E-state index contributed by atoms with van der Waals surface area (Å²) in [5.74, 6) is 1.70. The molecule has 2 saturated carbocycles. The van der Waals surface area contributed by atoms with E-state index in [2.05, 4.69) is 17.6 Å². The molecule has 2 rings (SSSR count). The maximum absolute atomic E-state index is 11.8. The zero-order valence-corrected chi connectivity index (χ0v) is 12.8. The standard InChI is InChI=1S/C16H30N2O2/c1-2-13-6-8-15(9-7-13)18-16(19)17-10-3-11-20-12-14-4-5-14/h13-15H,2-12H2,1H3,(H2,17,18,19). The lowest BCUT2D eigenvalue weighted by atomic mass is 9.85. The lowest BCUT2D eigenvalue weighted by molar-refractivity contribution is 0.122. The van der Waals surface area contributed by atoms with E-state index in [0.29, 0.717) is 12.6 Å². The van der Waals surface area contributed by atoms with Crippen molar-refractivity contribution in [2.75, 3.05) is 19.8 Å². The predicted molar refractivity (Wildman–Crippen MR) is 80.7 cm³/mol. The molecule has 0 aromatic heterocycles. The van der Waals surface area contributed by atoms with Crippen LogP contribution in [0.1, 0.15) is 58.3 Å². The molecule has 4 heteroatoms. The molecule has 0 saturated heterocycles. The summed E-state index contributed by atoms with van der Waals surface area (Å²) >= 11 is 0. The van der Waals surface area contributed by atoms with Crippen molar-refractivity contribution in [3.63, 3.8) is 0 Å². The maximum atomic E-state index is 11.8. The first-order valence-corrected chi connectivity index (χ1v) is 8.40. The molecule has 2 N–H and O–H groups in total. The summed E-state index contributed by atoms with van der Waals surface area (Å²) in [6.07, 6.45) is 9.64. The van der Waals surface area contributed by atoms with Gasteiger partial charge in [0, 0.05) is 25.8 Å². The van der Waals surface area contributed by atoms with Gasteiger partial charge in [0.2, 0.25) is 0 Å². The van der Waals surface area contributed by atoms with Gasteiger partial charge in [-0.05, 0) is 56.8 Å². The molecule has 116 valence electrons. The zero-order chi connectivity index (χ0) is 14.2. The van der Waals surface area contributed by atoms with E-state index in [0.717, 1.165) is 44.3 Å². The summed E-state index contributed by atoms with van der Waals surface area (Å²) in [7, 11) is 0. The lowest BCUT2D eigenvalue weighted by Crippen LogP contribution is -2.44. The van der Waals surface area contributed by atoms with Crippen LogP contribution in [0.5, 0.6) is 0 Å². The van der Waals surface area contributed by atoms with Gasteiger partial charge in [-0.3, -0.25) is 0 Å². The molecule has 4 nitrogen and oxygen atoms in total. The molecule has 0 radical (unpaired) electrons. The Kier molecular flexibility index (Phi) is 6.64. The maximum Gasteiger partial charge on any atom is 0.315 e. The second-order valence-corrected chi connectivity index (χ2v) is 6.40. The number of carbonyl (C=O) groups excluding carboxylic acids is 1. The fraction of sp³-hybridized carbons (Fsp3) is 0.938. The summed E-state index contributed by atoms with van der Waals surface area (Å²) in [6, 6.07) is 0.371. The Hall–Kier alpha value is -0.770. The summed E-state index contributed by atoms with van der Waals surface area (Å²) in [5, 5.41) is 6.02. The minimum absolute atomic E-state index is 0.00728. The van der Waals surface area contributed by atoms with Crippen molar-refractivity contribution in [3.05, 3.63) is 0 Å². The van der Waals surface area contributed by atoms with Crippen molar-refractivity contribution < 1.29 is 9.53 Å². The Morgan fingerprint density at radius 1 is 1.10 bits per heavy atom. The fourth-order valence-corrected chi connectivity index (χ4v) is 2.86. The Bertz CT molecular complexity index is 284. The van der Waals surface area contributed by atoms with Crippen LogP contribution in [-0.4, -0.2) is 31.8 Å². The summed E-state index contributed by atoms with van der Waals surface area (Å²) in [6.45, 7) is 4.64. The first-order chi connectivity index (χ1) is 9.78. The van der Waals surface area contributed by atoms with Crippen molar-refractivity contribution in [2.45, 2.75) is 64.3 Å². The quantitative estimate of drug-likeness (QED) is 0.672. The van der Waals surface area contributed by atoms with Crippen LogP contribution in [0.3, 0.4) is 0 Å². The third-order valence-electron chi connectivity index (χ3n) is 4.56. The Labute approximate surface area is 123 Å². The van der Waals surface area contributed by atoms with Crippen LogP contribution < -0.4 is 10.6 Å². The molecule has 2 fully saturated rings. The molecule has 2 aliphatic rings. The number of amides is 2. The lowest BCUT2D eigenvalue weighted by Gasteiger charge is -2.28. The van der Waals surface area contributed by atoms with Gasteiger partial charge >= 0.3 is 6.03 Å². The van der Waals surface area contributed by atoms with Gasteiger partial charge in [-0.15, -0.1) is 0 Å². The SMILES string of the molecule is CCC1CCC(NC(=O)NCCCOCC2CC2)CC1. The smallest absolute Gasteiger partial charge is 0.315 e. The van der Waals surface area contributed by atoms with E-state index in [1.807, 2.05) is 0 Å². The molecule has 20 heavy (non-hydrogen) atoms. The highest BCUT2D eigenvalue weighted by Gasteiger charge is 2.21. The van der Waals surface area contributed by atoms with Crippen LogP contribution >= 0.6 is 0 Å². The zero-order valence-electron chi connectivity index (χ0n) is 12.8. The van der Waals surface area contributed by atoms with E-state index in [9.17, 15) is 4.79 Å². The minimum Gasteiger partial charge on any atom is -0.381 e. The van der Waals surface area contributed by atoms with E-state index >= 15 is 0 Å². The third kappa shape index (κ3) is 6.12. The van der Waals surface area contributed by atoms with Crippen LogP contribution in [0.15, 0.2) is 0 Å². The highest BCUT2D eigenvalue weighted by Crippen LogP contribution is 2.28. The molecule has 0 atom stereocenters. The van der Waals surface area contributed by atoms with Gasteiger partial charge in [0.1, 0.15) is 0 Å². The molecule has 0 aromatic carbocycles. The number of hydrogen-bond donors (Lipinski definition) is 2. The summed E-state index contributed by atoms with van der Waals surface area (Å²) in [5.41, 5.74) is 0. The molecular formula is C16H30N2O2. The summed E-state index contributed by atoms with van der Waals surface area (Å²) in [4.78, 5) is 11.8. The Balaban J connectivity index is 1.43. The van der Waals surface area contributed by atoms with Gasteiger partial charge in [-0.1, -0.05) is 13.3 Å². The van der Waals surface area contributed by atoms with Crippen molar-refractivity contribution >= 4 is 6.03 Å². The van der Waals surface area contributed by atoms with Crippen LogP contribution in [0, 0.1) is 11.8 Å². The van der Waals surface area contributed by atoms with E-state index in [1.165, 1.54) is 32.1 Å². The first kappa shape index (κ1) is 15.6. The number of urea groups is 1. The minimum atomic E-state index is -0.00728. The van der Waals surface area contributed by atoms with Crippen LogP contribution in [0.2, 0.25) is 0 Å². The predicted octanol–water partition coefficient (Wildman–Crippen LogP) is 3.07. The average molecular weight is 282 g/mol. The molecule has 0 spiro atoms.